The number of carbonyl (C=O) groups excluding carboxylic acids is 1. The lowest BCUT2D eigenvalue weighted by Crippen LogP contribution is -1.88. The van der Waals surface area contributed by atoms with E-state index >= 15 is 0 Å². The second-order valence-electron chi connectivity index (χ2n) is 2.51. The Morgan fingerprint density at radius 3 is 3.08 bits per heavy atom. The molecule has 0 aliphatic carbocycles. The second kappa shape index (κ2) is 2.79. The zero-order valence-corrected chi connectivity index (χ0v) is 7.71. The van der Waals surface area contributed by atoms with Gasteiger partial charge >= 0.3 is 0 Å². The highest BCUT2D eigenvalue weighted by Crippen LogP contribution is 2.32. The normalized spacial score (nSPS) is 13.1. The fourth-order valence-corrected chi connectivity index (χ4v) is 1.66. The molecule has 1 aliphatic heterocycles. The molecule has 12 heavy (non-hydrogen) atoms. The molecular formula is C8H5BrN2O. The lowest BCUT2D eigenvalue weighted by Gasteiger charge is -1.99. The van der Waals surface area contributed by atoms with E-state index in [0.29, 0.717) is 12.1 Å². The Kier molecular flexibility index (Phi) is 1.77. The average Bonchev–Trinajstić information content (AvgIpc) is 2.50. The van der Waals surface area contributed by atoms with Gasteiger partial charge in [0.15, 0.2) is 6.29 Å². The quantitative estimate of drug-likeness (QED) is 0.677. The van der Waals surface area contributed by atoms with E-state index < -0.39 is 0 Å². The smallest absolute Gasteiger partial charge is 0.150 e. The van der Waals surface area contributed by atoms with Crippen molar-refractivity contribution in [1.82, 2.24) is 0 Å². The minimum atomic E-state index is 0.524. The number of halogens is 1. The molecule has 1 aromatic carbocycles. The second-order valence-corrected chi connectivity index (χ2v) is 3.43. The molecular weight excluding hydrogens is 220 g/mol. The van der Waals surface area contributed by atoms with Crippen molar-refractivity contribution in [2.45, 2.75) is 6.54 Å². The average molecular weight is 225 g/mol. The summed E-state index contributed by atoms with van der Waals surface area (Å²) in [5, 5.41) is 7.75. The first-order chi connectivity index (χ1) is 5.81. The number of nitrogens with zero attached hydrogens (tertiary/aromatic N) is 2. The van der Waals surface area contributed by atoms with Crippen molar-refractivity contribution in [3.8, 4) is 0 Å². The van der Waals surface area contributed by atoms with Crippen molar-refractivity contribution in [3.05, 3.63) is 27.7 Å². The summed E-state index contributed by atoms with van der Waals surface area (Å²) in [6, 6.07) is 3.64. The molecule has 1 aliphatic rings. The number of hydrogen-bond donors (Lipinski definition) is 0. The molecule has 0 N–H and O–H groups in total. The summed E-state index contributed by atoms with van der Waals surface area (Å²) in [6.45, 7) is 0.524. The minimum Gasteiger partial charge on any atom is -0.298 e. The van der Waals surface area contributed by atoms with Crippen LogP contribution in [-0.4, -0.2) is 6.29 Å². The van der Waals surface area contributed by atoms with Gasteiger partial charge in [-0.1, -0.05) is 15.9 Å². The highest BCUT2D eigenvalue weighted by atomic mass is 79.9. The molecule has 0 amide bonds. The number of aldehydes is 1. The van der Waals surface area contributed by atoms with E-state index in [1.165, 1.54) is 0 Å². The maximum absolute atomic E-state index is 10.6. The molecule has 0 atom stereocenters. The lowest BCUT2D eigenvalue weighted by atomic mass is 10.1. The minimum absolute atomic E-state index is 0.524. The van der Waals surface area contributed by atoms with Crippen molar-refractivity contribution < 1.29 is 4.79 Å². The molecule has 0 fully saturated rings. The highest BCUT2D eigenvalue weighted by Gasteiger charge is 2.13. The van der Waals surface area contributed by atoms with Gasteiger partial charge in [-0.3, -0.25) is 4.79 Å². The summed E-state index contributed by atoms with van der Waals surface area (Å²) in [7, 11) is 0. The van der Waals surface area contributed by atoms with Crippen LogP contribution in [0.4, 0.5) is 5.69 Å². The van der Waals surface area contributed by atoms with E-state index in [4.69, 9.17) is 0 Å². The fourth-order valence-electron chi connectivity index (χ4n) is 1.19. The fraction of sp³-hybridized carbons (Fsp3) is 0.125. The molecule has 0 spiro atoms. The van der Waals surface area contributed by atoms with Crippen molar-refractivity contribution in [3.63, 3.8) is 0 Å². The molecule has 3 nitrogen and oxygen atoms in total. The van der Waals surface area contributed by atoms with E-state index in [-0.39, 0.29) is 0 Å². The molecule has 0 saturated carbocycles. The van der Waals surface area contributed by atoms with Crippen LogP contribution < -0.4 is 0 Å². The standard InChI is InChI=1S/C8H5BrN2O/c9-6-1-5(4-12)7-3-10-11-8(7)2-6/h1-2,4H,3H2. The molecule has 1 heterocycles. The Morgan fingerprint density at radius 1 is 1.50 bits per heavy atom. The number of rotatable bonds is 1. The third-order valence-corrected chi connectivity index (χ3v) is 2.22. The molecule has 0 radical (unpaired) electrons. The van der Waals surface area contributed by atoms with Crippen LogP contribution in [-0.2, 0) is 6.54 Å². The number of azo groups is 1. The van der Waals surface area contributed by atoms with Crippen molar-refractivity contribution >= 4 is 27.9 Å². The third-order valence-electron chi connectivity index (χ3n) is 1.76. The van der Waals surface area contributed by atoms with Crippen molar-refractivity contribution in [1.29, 1.82) is 0 Å². The van der Waals surface area contributed by atoms with Gasteiger partial charge in [0.2, 0.25) is 0 Å². The molecule has 0 bridgehead atoms. The lowest BCUT2D eigenvalue weighted by molar-refractivity contribution is 0.112. The summed E-state index contributed by atoms with van der Waals surface area (Å²) in [6.07, 6.45) is 0.833. The molecule has 1 aromatic rings. The van der Waals surface area contributed by atoms with Gasteiger partial charge < -0.3 is 0 Å². The maximum Gasteiger partial charge on any atom is 0.150 e. The molecule has 4 heteroatoms. The number of fused-ring (bicyclic) bond motifs is 1. The molecule has 2 rings (SSSR count). The monoisotopic (exact) mass is 224 g/mol. The number of hydrogen-bond acceptors (Lipinski definition) is 3. The molecule has 60 valence electrons. The van der Waals surface area contributed by atoms with Gasteiger partial charge in [-0.05, 0) is 12.1 Å². The van der Waals surface area contributed by atoms with Crippen molar-refractivity contribution in [2.24, 2.45) is 10.2 Å². The van der Waals surface area contributed by atoms with E-state index in [1.54, 1.807) is 6.07 Å². The zero-order valence-electron chi connectivity index (χ0n) is 6.12. The van der Waals surface area contributed by atoms with Gasteiger partial charge in [-0.15, -0.1) is 0 Å². The summed E-state index contributed by atoms with van der Waals surface area (Å²) in [4.78, 5) is 10.6. The number of benzene rings is 1. The van der Waals surface area contributed by atoms with Crippen LogP contribution in [0.2, 0.25) is 0 Å². The maximum atomic E-state index is 10.6. The van der Waals surface area contributed by atoms with Gasteiger partial charge in [-0.2, -0.15) is 10.2 Å². The first kappa shape index (κ1) is 7.61. The Bertz CT molecular complexity index is 374. The van der Waals surface area contributed by atoms with Crippen LogP contribution in [0.3, 0.4) is 0 Å². The van der Waals surface area contributed by atoms with Gasteiger partial charge in [0.1, 0.15) is 0 Å². The van der Waals surface area contributed by atoms with E-state index in [1.807, 2.05) is 6.07 Å². The molecule has 0 aromatic heterocycles. The predicted octanol–water partition coefficient (Wildman–Crippen LogP) is 2.86. The largest absolute Gasteiger partial charge is 0.298 e. The van der Waals surface area contributed by atoms with Gasteiger partial charge in [-0.25, -0.2) is 0 Å². The Morgan fingerprint density at radius 2 is 2.33 bits per heavy atom. The van der Waals surface area contributed by atoms with Crippen LogP contribution in [0.1, 0.15) is 15.9 Å². The van der Waals surface area contributed by atoms with Gasteiger partial charge in [0, 0.05) is 15.6 Å². The van der Waals surface area contributed by atoms with Gasteiger partial charge in [0.05, 0.1) is 12.2 Å². The predicted molar refractivity (Wildman–Crippen MR) is 47.7 cm³/mol. The summed E-state index contributed by atoms with van der Waals surface area (Å²) >= 11 is 3.30. The first-order valence-corrected chi connectivity index (χ1v) is 4.25. The summed E-state index contributed by atoms with van der Waals surface area (Å²) in [5.74, 6) is 0. The van der Waals surface area contributed by atoms with Crippen LogP contribution >= 0.6 is 15.9 Å². The van der Waals surface area contributed by atoms with Crippen LogP contribution in [0.5, 0.6) is 0 Å². The molecule has 0 saturated heterocycles. The van der Waals surface area contributed by atoms with Crippen LogP contribution in [0, 0.1) is 0 Å². The Balaban J connectivity index is 2.67. The van der Waals surface area contributed by atoms with Crippen LogP contribution in [0.25, 0.3) is 0 Å². The van der Waals surface area contributed by atoms with E-state index in [9.17, 15) is 4.79 Å². The van der Waals surface area contributed by atoms with E-state index in [0.717, 1.165) is 22.0 Å². The molecule has 0 unspecified atom stereocenters. The van der Waals surface area contributed by atoms with Crippen molar-refractivity contribution in [2.75, 3.05) is 0 Å². The zero-order chi connectivity index (χ0) is 8.55. The Hall–Kier alpha value is -1.03. The number of carbonyl (C=O) groups is 1. The Labute approximate surface area is 77.6 Å². The first-order valence-electron chi connectivity index (χ1n) is 3.46. The summed E-state index contributed by atoms with van der Waals surface area (Å²) < 4.78 is 0.865. The van der Waals surface area contributed by atoms with E-state index in [2.05, 4.69) is 26.2 Å². The van der Waals surface area contributed by atoms with Crippen LogP contribution in [0.15, 0.2) is 26.8 Å². The summed E-state index contributed by atoms with van der Waals surface area (Å²) in [5.41, 5.74) is 2.39. The van der Waals surface area contributed by atoms with Gasteiger partial charge in [0.25, 0.3) is 0 Å². The SMILES string of the molecule is O=Cc1cc(Br)cc2c1CN=N2. The topological polar surface area (TPSA) is 41.8 Å². The third kappa shape index (κ3) is 1.08. The highest BCUT2D eigenvalue weighted by molar-refractivity contribution is 9.10.